The molecule has 4 rings (SSSR count). The van der Waals surface area contributed by atoms with E-state index in [2.05, 4.69) is 5.32 Å². The fraction of sp³-hybridized carbons (Fsp3) is 0.120. The Labute approximate surface area is 180 Å². The van der Waals surface area contributed by atoms with E-state index in [9.17, 15) is 10.1 Å². The van der Waals surface area contributed by atoms with E-state index in [0.717, 1.165) is 28.1 Å². The molecule has 6 nitrogen and oxygen atoms in total. The smallest absolute Gasteiger partial charge is 0.311 e. The zero-order chi connectivity index (χ0) is 21.6. The minimum atomic E-state index is -0.332. The Morgan fingerprint density at radius 1 is 0.903 bits per heavy atom. The number of aromatic nitrogens is 1. The summed E-state index contributed by atoms with van der Waals surface area (Å²) in [5.41, 5.74) is 3.82. The second-order valence-electron chi connectivity index (χ2n) is 7.16. The Bertz CT molecular complexity index is 1150. The number of ether oxygens (including phenoxy) is 1. The van der Waals surface area contributed by atoms with Gasteiger partial charge in [-0.25, -0.2) is 0 Å². The van der Waals surface area contributed by atoms with Crippen LogP contribution in [0.5, 0.6) is 5.75 Å². The Morgan fingerprint density at radius 2 is 1.52 bits per heavy atom. The SMILES string of the molecule is COc1ccc(-c2cc([N+](=O)[O-])c(NCc3ccccc3)n2Cc2ccccc2)cc1. The van der Waals surface area contributed by atoms with Gasteiger partial charge in [-0.2, -0.15) is 0 Å². The maximum atomic E-state index is 11.9. The molecule has 0 aliphatic carbocycles. The van der Waals surface area contributed by atoms with Gasteiger partial charge in [-0.1, -0.05) is 60.7 Å². The topological polar surface area (TPSA) is 69.3 Å². The van der Waals surface area contributed by atoms with Crippen LogP contribution in [-0.4, -0.2) is 16.6 Å². The van der Waals surface area contributed by atoms with Crippen molar-refractivity contribution >= 4 is 11.5 Å². The number of rotatable bonds is 8. The number of anilines is 1. The molecule has 31 heavy (non-hydrogen) atoms. The summed E-state index contributed by atoms with van der Waals surface area (Å²) in [6, 6.07) is 29.0. The van der Waals surface area contributed by atoms with Crippen LogP contribution < -0.4 is 10.1 Å². The molecular formula is C25H23N3O3. The van der Waals surface area contributed by atoms with Gasteiger partial charge in [0.1, 0.15) is 5.75 Å². The molecule has 0 aliphatic heterocycles. The van der Waals surface area contributed by atoms with Gasteiger partial charge in [-0.15, -0.1) is 0 Å². The monoisotopic (exact) mass is 413 g/mol. The maximum Gasteiger partial charge on any atom is 0.311 e. The normalized spacial score (nSPS) is 10.6. The molecule has 1 aromatic heterocycles. The van der Waals surface area contributed by atoms with Crippen molar-refractivity contribution in [3.8, 4) is 17.0 Å². The lowest BCUT2D eigenvalue weighted by atomic mass is 10.1. The van der Waals surface area contributed by atoms with Crippen molar-refractivity contribution in [3.05, 3.63) is 112 Å². The first kappa shape index (κ1) is 20.2. The predicted molar refractivity (Wildman–Crippen MR) is 122 cm³/mol. The lowest BCUT2D eigenvalue weighted by Gasteiger charge is -2.15. The second-order valence-corrected chi connectivity index (χ2v) is 7.16. The molecule has 0 unspecified atom stereocenters. The molecule has 6 heteroatoms. The molecule has 4 aromatic rings. The fourth-order valence-corrected chi connectivity index (χ4v) is 3.57. The average Bonchev–Trinajstić information content (AvgIpc) is 3.17. The summed E-state index contributed by atoms with van der Waals surface area (Å²) in [7, 11) is 1.61. The molecule has 0 atom stereocenters. The summed E-state index contributed by atoms with van der Waals surface area (Å²) >= 11 is 0. The second kappa shape index (κ2) is 9.17. The van der Waals surface area contributed by atoms with Crippen LogP contribution in [-0.2, 0) is 13.1 Å². The van der Waals surface area contributed by atoms with Crippen molar-refractivity contribution in [3.63, 3.8) is 0 Å². The van der Waals surface area contributed by atoms with E-state index in [1.54, 1.807) is 13.2 Å². The van der Waals surface area contributed by atoms with E-state index >= 15 is 0 Å². The van der Waals surface area contributed by atoms with Crippen LogP contribution in [0.25, 0.3) is 11.3 Å². The third-order valence-electron chi connectivity index (χ3n) is 5.15. The van der Waals surface area contributed by atoms with Crippen LogP contribution in [0.1, 0.15) is 11.1 Å². The largest absolute Gasteiger partial charge is 0.497 e. The number of hydrogen-bond acceptors (Lipinski definition) is 4. The number of nitro groups is 1. The highest BCUT2D eigenvalue weighted by molar-refractivity contribution is 5.73. The van der Waals surface area contributed by atoms with E-state index in [1.807, 2.05) is 89.5 Å². The van der Waals surface area contributed by atoms with Crippen molar-refractivity contribution in [1.82, 2.24) is 4.57 Å². The van der Waals surface area contributed by atoms with Crippen LogP contribution in [0.4, 0.5) is 11.5 Å². The third-order valence-corrected chi connectivity index (χ3v) is 5.15. The first-order chi connectivity index (χ1) is 15.2. The molecule has 1 N–H and O–H groups in total. The van der Waals surface area contributed by atoms with Crippen LogP contribution >= 0.6 is 0 Å². The molecule has 3 aromatic carbocycles. The van der Waals surface area contributed by atoms with Crippen LogP contribution in [0.15, 0.2) is 91.0 Å². The van der Waals surface area contributed by atoms with Crippen LogP contribution in [0.3, 0.4) is 0 Å². The summed E-state index contributed by atoms with van der Waals surface area (Å²) in [5, 5.41) is 15.2. The molecular weight excluding hydrogens is 390 g/mol. The van der Waals surface area contributed by atoms with Gasteiger partial charge in [0.05, 0.1) is 17.7 Å². The highest BCUT2D eigenvalue weighted by atomic mass is 16.6. The van der Waals surface area contributed by atoms with E-state index in [1.165, 1.54) is 0 Å². The van der Waals surface area contributed by atoms with Crippen LogP contribution in [0, 0.1) is 10.1 Å². The first-order valence-electron chi connectivity index (χ1n) is 10.00. The Morgan fingerprint density at radius 3 is 2.10 bits per heavy atom. The molecule has 1 heterocycles. The van der Waals surface area contributed by atoms with Crippen molar-refractivity contribution < 1.29 is 9.66 Å². The van der Waals surface area contributed by atoms with Crippen molar-refractivity contribution in [2.75, 3.05) is 12.4 Å². The Balaban J connectivity index is 1.79. The van der Waals surface area contributed by atoms with Gasteiger partial charge < -0.3 is 14.6 Å². The number of nitrogens with one attached hydrogen (secondary N) is 1. The summed E-state index contributed by atoms with van der Waals surface area (Å²) in [4.78, 5) is 11.6. The standard InChI is InChI=1S/C25H23N3O3/c1-31-22-14-12-21(13-15-22)23-16-24(28(29)30)25(26-17-19-8-4-2-5-9-19)27(23)18-20-10-6-3-7-11-20/h2-16,26H,17-18H2,1H3. The number of hydrogen-bond donors (Lipinski definition) is 1. The lowest BCUT2D eigenvalue weighted by molar-refractivity contribution is -0.383. The van der Waals surface area contributed by atoms with Gasteiger partial charge in [-0.3, -0.25) is 10.1 Å². The average molecular weight is 413 g/mol. The molecule has 156 valence electrons. The van der Waals surface area contributed by atoms with Gasteiger partial charge in [0.25, 0.3) is 0 Å². The van der Waals surface area contributed by atoms with E-state index in [0.29, 0.717) is 18.9 Å². The van der Waals surface area contributed by atoms with Gasteiger partial charge in [0.15, 0.2) is 5.82 Å². The van der Waals surface area contributed by atoms with Crippen molar-refractivity contribution in [1.29, 1.82) is 0 Å². The summed E-state index contributed by atoms with van der Waals surface area (Å²) < 4.78 is 7.23. The van der Waals surface area contributed by atoms with Gasteiger partial charge >= 0.3 is 5.69 Å². The van der Waals surface area contributed by atoms with Crippen molar-refractivity contribution in [2.45, 2.75) is 13.1 Å². The van der Waals surface area contributed by atoms with Gasteiger partial charge in [0.2, 0.25) is 0 Å². The molecule has 0 radical (unpaired) electrons. The highest BCUT2D eigenvalue weighted by Gasteiger charge is 2.24. The minimum Gasteiger partial charge on any atom is -0.497 e. The zero-order valence-electron chi connectivity index (χ0n) is 17.2. The number of nitrogens with zero attached hydrogens (tertiary/aromatic N) is 2. The summed E-state index contributed by atoms with van der Waals surface area (Å²) in [6.07, 6.45) is 0. The fourth-order valence-electron chi connectivity index (χ4n) is 3.57. The number of methoxy groups -OCH3 is 1. The molecule has 0 saturated heterocycles. The number of benzene rings is 3. The minimum absolute atomic E-state index is 0.0534. The highest BCUT2D eigenvalue weighted by Crippen LogP contribution is 2.36. The summed E-state index contributed by atoms with van der Waals surface area (Å²) in [6.45, 7) is 0.996. The Kier molecular flexibility index (Phi) is 5.98. The summed E-state index contributed by atoms with van der Waals surface area (Å²) in [5.74, 6) is 1.23. The molecule has 0 fully saturated rings. The van der Waals surface area contributed by atoms with E-state index < -0.39 is 0 Å². The van der Waals surface area contributed by atoms with E-state index in [4.69, 9.17) is 4.74 Å². The molecule has 0 saturated carbocycles. The third kappa shape index (κ3) is 4.59. The predicted octanol–water partition coefficient (Wildman–Crippen LogP) is 5.73. The van der Waals surface area contributed by atoms with Gasteiger partial charge in [0, 0.05) is 19.2 Å². The molecule has 0 bridgehead atoms. The molecule has 0 spiro atoms. The van der Waals surface area contributed by atoms with Gasteiger partial charge in [-0.05, 0) is 41.0 Å². The van der Waals surface area contributed by atoms with Crippen LogP contribution in [0.2, 0.25) is 0 Å². The zero-order valence-corrected chi connectivity index (χ0v) is 17.2. The Hall–Kier alpha value is -4.06. The van der Waals surface area contributed by atoms with Crippen molar-refractivity contribution in [2.24, 2.45) is 0 Å². The van der Waals surface area contributed by atoms with E-state index in [-0.39, 0.29) is 10.6 Å². The quantitative estimate of drug-likeness (QED) is 0.296. The maximum absolute atomic E-state index is 11.9. The molecule has 0 aliphatic rings. The first-order valence-corrected chi connectivity index (χ1v) is 10.00. The molecule has 0 amide bonds. The lowest BCUT2D eigenvalue weighted by Crippen LogP contribution is -2.10.